The van der Waals surface area contributed by atoms with Gasteiger partial charge in [0.1, 0.15) is 12.1 Å². The number of pyridine rings is 2. The van der Waals surface area contributed by atoms with E-state index >= 15 is 0 Å². The van der Waals surface area contributed by atoms with E-state index in [-0.39, 0.29) is 0 Å². The molecular formula is C23H26N10. The average Bonchev–Trinajstić information content (AvgIpc) is 3.27. The first kappa shape index (κ1) is 22.1. The van der Waals surface area contributed by atoms with Crippen LogP contribution in [0.15, 0.2) is 42.6 Å². The van der Waals surface area contributed by atoms with Gasteiger partial charge in [-0.15, -0.1) is 0 Å². The first-order chi connectivity index (χ1) is 16.0. The van der Waals surface area contributed by atoms with E-state index in [1.54, 1.807) is 42.3 Å². The van der Waals surface area contributed by atoms with Crippen molar-refractivity contribution in [2.24, 2.45) is 17.5 Å². The number of hydrogen-bond acceptors (Lipinski definition) is 9. The Hall–Kier alpha value is -4.15. The minimum Gasteiger partial charge on any atom is -0.401 e. The molecule has 0 aliphatic heterocycles. The molecule has 168 valence electrons. The third-order valence-corrected chi connectivity index (χ3v) is 5.83. The van der Waals surface area contributed by atoms with Gasteiger partial charge in [0.15, 0.2) is 11.5 Å². The molecule has 3 heterocycles. The topological polar surface area (TPSA) is 158 Å². The molecule has 5 N–H and O–H groups in total. The van der Waals surface area contributed by atoms with Gasteiger partial charge in [0.05, 0.1) is 35.4 Å². The van der Waals surface area contributed by atoms with Gasteiger partial charge in [0.25, 0.3) is 0 Å². The highest BCUT2D eigenvalue weighted by Crippen LogP contribution is 2.30. The quantitative estimate of drug-likeness (QED) is 0.385. The number of nitrogens with two attached hydrogens (primary N) is 2. The first-order valence-corrected chi connectivity index (χ1v) is 10.9. The fourth-order valence-corrected chi connectivity index (χ4v) is 4.06. The maximum atomic E-state index is 9.33. The maximum absolute atomic E-state index is 9.33. The lowest BCUT2D eigenvalue weighted by Gasteiger charge is -2.25. The lowest BCUT2D eigenvalue weighted by atomic mass is 9.87. The third-order valence-electron chi connectivity index (χ3n) is 5.83. The number of nitriles is 2. The van der Waals surface area contributed by atoms with Crippen molar-refractivity contribution in [2.45, 2.75) is 45.1 Å². The zero-order valence-electron chi connectivity index (χ0n) is 18.4. The van der Waals surface area contributed by atoms with Crippen LogP contribution in [0.5, 0.6) is 0 Å². The van der Waals surface area contributed by atoms with Gasteiger partial charge in [0, 0.05) is 29.5 Å². The van der Waals surface area contributed by atoms with Crippen molar-refractivity contribution in [3.05, 3.63) is 48.2 Å². The number of rotatable bonds is 6. The van der Waals surface area contributed by atoms with E-state index < -0.39 is 6.04 Å². The Morgan fingerprint density at radius 1 is 1.21 bits per heavy atom. The summed E-state index contributed by atoms with van der Waals surface area (Å²) < 4.78 is 1.58. The van der Waals surface area contributed by atoms with E-state index in [1.807, 2.05) is 0 Å². The molecule has 4 rings (SSSR count). The number of anilines is 2. The highest BCUT2D eigenvalue weighted by Gasteiger charge is 2.19. The number of fused-ring (bicyclic) bond motifs is 1. The molecule has 10 heteroatoms. The Morgan fingerprint density at radius 2 is 2.00 bits per heavy atom. The molecule has 0 unspecified atom stereocenters. The summed E-state index contributed by atoms with van der Waals surface area (Å²) in [5.74, 6) is 7.18. The number of hydrazine groups is 1. The number of nitrogens with zero attached hydrogens (tertiary/aromatic N) is 7. The molecule has 0 spiro atoms. The summed E-state index contributed by atoms with van der Waals surface area (Å²) in [6.45, 7) is 1.76. The van der Waals surface area contributed by atoms with Gasteiger partial charge >= 0.3 is 0 Å². The predicted octanol–water partition coefficient (Wildman–Crippen LogP) is 3.07. The van der Waals surface area contributed by atoms with Crippen molar-refractivity contribution in [1.82, 2.24) is 19.7 Å². The summed E-state index contributed by atoms with van der Waals surface area (Å²) in [6.07, 6.45) is 12.2. The molecule has 0 amide bonds. The number of nitrogens with one attached hydrogen (secondary N) is 1. The highest BCUT2D eigenvalue weighted by atomic mass is 15.4. The average molecular weight is 443 g/mol. The van der Waals surface area contributed by atoms with Crippen LogP contribution in [-0.2, 0) is 0 Å². The zero-order valence-corrected chi connectivity index (χ0v) is 18.4. The van der Waals surface area contributed by atoms with Gasteiger partial charge < -0.3 is 11.1 Å². The lowest BCUT2D eigenvalue weighted by molar-refractivity contribution is 0.399. The van der Waals surface area contributed by atoms with Crippen LogP contribution in [0, 0.1) is 28.6 Å². The molecule has 0 bridgehead atoms. The Balaban J connectivity index is 1.70. The van der Waals surface area contributed by atoms with Crippen LogP contribution in [0.2, 0.25) is 0 Å². The Labute approximate surface area is 192 Å². The lowest BCUT2D eigenvalue weighted by Crippen LogP contribution is -2.29. The number of aromatic nitrogens is 4. The molecule has 1 aliphatic rings. The second-order valence-electron chi connectivity index (χ2n) is 8.23. The van der Waals surface area contributed by atoms with Crippen LogP contribution in [0.25, 0.3) is 16.9 Å². The van der Waals surface area contributed by atoms with Gasteiger partial charge in [-0.1, -0.05) is 19.3 Å². The van der Waals surface area contributed by atoms with Gasteiger partial charge in [-0.25, -0.2) is 15.8 Å². The fourth-order valence-electron chi connectivity index (χ4n) is 4.06. The van der Waals surface area contributed by atoms with Crippen molar-refractivity contribution in [2.75, 3.05) is 10.3 Å². The zero-order chi connectivity index (χ0) is 23.4. The Kier molecular flexibility index (Phi) is 6.38. The summed E-state index contributed by atoms with van der Waals surface area (Å²) in [5, 5.41) is 28.1. The van der Waals surface area contributed by atoms with E-state index in [9.17, 15) is 5.26 Å². The molecule has 1 fully saturated rings. The largest absolute Gasteiger partial charge is 0.401 e. The SMILES string of the molecule is C[C@H](C#N)Nc1cc(-n2ncc3cc(C#N)cnc32)ncc1N(N)/C=C(\N)C1CCCCC1. The molecule has 0 saturated heterocycles. The smallest absolute Gasteiger partial charge is 0.164 e. The summed E-state index contributed by atoms with van der Waals surface area (Å²) in [4.78, 5) is 8.88. The van der Waals surface area contributed by atoms with Crippen molar-refractivity contribution in [3.8, 4) is 18.0 Å². The van der Waals surface area contributed by atoms with Crippen LogP contribution in [-0.4, -0.2) is 25.8 Å². The van der Waals surface area contributed by atoms with Gasteiger partial charge in [0.2, 0.25) is 0 Å². The Morgan fingerprint density at radius 3 is 2.73 bits per heavy atom. The van der Waals surface area contributed by atoms with Crippen molar-refractivity contribution >= 4 is 22.4 Å². The van der Waals surface area contributed by atoms with Crippen molar-refractivity contribution in [1.29, 1.82) is 10.5 Å². The van der Waals surface area contributed by atoms with Gasteiger partial charge in [-0.2, -0.15) is 20.3 Å². The maximum Gasteiger partial charge on any atom is 0.164 e. The van der Waals surface area contributed by atoms with Crippen molar-refractivity contribution < 1.29 is 0 Å². The van der Waals surface area contributed by atoms with E-state index in [4.69, 9.17) is 16.8 Å². The van der Waals surface area contributed by atoms with E-state index in [1.165, 1.54) is 30.5 Å². The van der Waals surface area contributed by atoms with Crippen LogP contribution < -0.4 is 21.9 Å². The second-order valence-corrected chi connectivity index (χ2v) is 8.23. The van der Waals surface area contributed by atoms with Gasteiger partial charge in [-0.05, 0) is 31.7 Å². The minimum atomic E-state index is -0.460. The number of allylic oxidation sites excluding steroid dienone is 1. The van der Waals surface area contributed by atoms with Crippen LogP contribution in [0.3, 0.4) is 0 Å². The summed E-state index contributed by atoms with van der Waals surface area (Å²) >= 11 is 0. The monoisotopic (exact) mass is 442 g/mol. The standard InChI is InChI=1S/C23H26N10/c1-15(9-24)31-20-8-22(33-23-18(12-30-33)7-16(10-25)11-29-23)28-13-21(20)32(27)14-19(26)17-5-3-2-4-6-17/h7-8,11-15,17H,2-6,26-27H2,1H3,(H,28,31)/b19-14-/t15-/m1/s1. The first-order valence-electron chi connectivity index (χ1n) is 10.9. The molecule has 3 aromatic rings. The van der Waals surface area contributed by atoms with Crippen LogP contribution >= 0.6 is 0 Å². The fraction of sp³-hybridized carbons (Fsp3) is 0.348. The Bertz CT molecular complexity index is 1260. The highest BCUT2D eigenvalue weighted by molar-refractivity contribution is 5.78. The van der Waals surface area contributed by atoms with E-state index in [0.717, 1.165) is 23.9 Å². The van der Waals surface area contributed by atoms with Gasteiger partial charge in [-0.3, -0.25) is 5.01 Å². The summed E-state index contributed by atoms with van der Waals surface area (Å²) in [6, 6.07) is 7.27. The molecule has 1 saturated carbocycles. The molecule has 33 heavy (non-hydrogen) atoms. The van der Waals surface area contributed by atoms with E-state index in [0.29, 0.717) is 34.3 Å². The summed E-state index contributed by atoms with van der Waals surface area (Å²) in [5.41, 5.74) is 9.32. The molecule has 0 aromatic carbocycles. The molecule has 3 aromatic heterocycles. The predicted molar refractivity (Wildman–Crippen MR) is 126 cm³/mol. The second kappa shape index (κ2) is 9.55. The third kappa shape index (κ3) is 4.71. The summed E-state index contributed by atoms with van der Waals surface area (Å²) in [7, 11) is 0. The molecule has 10 nitrogen and oxygen atoms in total. The normalized spacial score (nSPS) is 15.6. The van der Waals surface area contributed by atoms with E-state index in [2.05, 4.69) is 32.5 Å². The molecule has 1 atom stereocenters. The van der Waals surface area contributed by atoms with Crippen LogP contribution in [0.1, 0.15) is 44.6 Å². The van der Waals surface area contributed by atoms with Crippen LogP contribution in [0.4, 0.5) is 11.4 Å². The minimum absolute atomic E-state index is 0.325. The number of hydrogen-bond donors (Lipinski definition) is 3. The molecule has 1 aliphatic carbocycles. The molecule has 0 radical (unpaired) electrons. The molecular weight excluding hydrogens is 416 g/mol. The van der Waals surface area contributed by atoms with Crippen molar-refractivity contribution in [3.63, 3.8) is 0 Å².